The van der Waals surface area contributed by atoms with Gasteiger partial charge < -0.3 is 10.2 Å². The summed E-state index contributed by atoms with van der Waals surface area (Å²) >= 11 is 1.44. The molecule has 5 heteroatoms. The Labute approximate surface area is 95.9 Å². The molecule has 0 unspecified atom stereocenters. The highest BCUT2D eigenvalue weighted by Crippen LogP contribution is 2.15. The molecule has 0 aliphatic heterocycles. The molecular weight excluding hydrogens is 208 g/mol. The van der Waals surface area contributed by atoms with Crippen LogP contribution < -0.4 is 5.32 Å². The zero-order valence-corrected chi connectivity index (χ0v) is 11.0. The van der Waals surface area contributed by atoms with E-state index in [1.165, 1.54) is 11.5 Å². The highest BCUT2D eigenvalue weighted by atomic mass is 32.1. The molecule has 0 bridgehead atoms. The van der Waals surface area contributed by atoms with Crippen molar-refractivity contribution in [1.82, 2.24) is 14.3 Å². The topological polar surface area (TPSA) is 41.1 Å². The zero-order valence-electron chi connectivity index (χ0n) is 10.2. The van der Waals surface area contributed by atoms with E-state index in [0.29, 0.717) is 0 Å². The molecule has 0 radical (unpaired) electrons. The number of nitrogens with zero attached hydrogens (tertiary/aromatic N) is 3. The van der Waals surface area contributed by atoms with Crippen LogP contribution in [0.25, 0.3) is 0 Å². The number of hydrogen-bond acceptors (Lipinski definition) is 5. The minimum absolute atomic E-state index is 0.123. The lowest BCUT2D eigenvalue weighted by Crippen LogP contribution is -2.44. The van der Waals surface area contributed by atoms with Crippen molar-refractivity contribution in [3.63, 3.8) is 0 Å². The number of likely N-dealkylation sites (N-methyl/N-ethyl adjacent to an activating group) is 1. The van der Waals surface area contributed by atoms with Crippen molar-refractivity contribution in [2.75, 3.05) is 26.0 Å². The maximum atomic E-state index is 4.37. The summed E-state index contributed by atoms with van der Waals surface area (Å²) in [6.07, 6.45) is 0.898. The van der Waals surface area contributed by atoms with Gasteiger partial charge in [-0.05, 0) is 27.9 Å². The number of aryl methyl sites for hydroxylation is 1. The quantitative estimate of drug-likeness (QED) is 0.835. The second-order valence-electron chi connectivity index (χ2n) is 4.43. The lowest BCUT2D eigenvalue weighted by atomic mass is 10.1. The van der Waals surface area contributed by atoms with Crippen LogP contribution in [-0.2, 0) is 6.42 Å². The Morgan fingerprint density at radius 2 is 2.07 bits per heavy atom. The summed E-state index contributed by atoms with van der Waals surface area (Å²) in [6.45, 7) is 7.33. The van der Waals surface area contributed by atoms with Crippen LogP contribution in [-0.4, -0.2) is 40.4 Å². The van der Waals surface area contributed by atoms with Gasteiger partial charge in [0.15, 0.2) is 0 Å². The van der Waals surface area contributed by atoms with Crippen molar-refractivity contribution in [3.05, 3.63) is 5.82 Å². The van der Waals surface area contributed by atoms with Gasteiger partial charge in [0, 0.05) is 30.0 Å². The monoisotopic (exact) mass is 228 g/mol. The predicted octanol–water partition coefficient (Wildman–Crippen LogP) is 1.85. The van der Waals surface area contributed by atoms with Gasteiger partial charge in [-0.1, -0.05) is 6.92 Å². The molecule has 1 rings (SSSR count). The molecule has 4 nitrogen and oxygen atoms in total. The van der Waals surface area contributed by atoms with E-state index >= 15 is 0 Å². The van der Waals surface area contributed by atoms with Gasteiger partial charge in [-0.2, -0.15) is 4.37 Å². The van der Waals surface area contributed by atoms with Crippen molar-refractivity contribution in [3.8, 4) is 0 Å². The molecule has 86 valence electrons. The smallest absolute Gasteiger partial charge is 0.202 e. The SMILES string of the molecule is CCc1nsc(NCC(C)(C)N(C)C)n1. The minimum atomic E-state index is 0.123. The van der Waals surface area contributed by atoms with Crippen LogP contribution in [0.1, 0.15) is 26.6 Å². The molecule has 0 aliphatic rings. The number of hydrogen-bond donors (Lipinski definition) is 1. The molecule has 1 aromatic heterocycles. The Morgan fingerprint density at radius 1 is 1.40 bits per heavy atom. The summed E-state index contributed by atoms with van der Waals surface area (Å²) < 4.78 is 4.23. The number of nitrogens with one attached hydrogen (secondary N) is 1. The summed E-state index contributed by atoms with van der Waals surface area (Å²) in [5, 5.41) is 4.24. The molecule has 15 heavy (non-hydrogen) atoms. The zero-order chi connectivity index (χ0) is 11.5. The summed E-state index contributed by atoms with van der Waals surface area (Å²) in [5.41, 5.74) is 0.123. The van der Waals surface area contributed by atoms with E-state index in [1.54, 1.807) is 0 Å². The maximum absolute atomic E-state index is 4.37. The van der Waals surface area contributed by atoms with E-state index in [4.69, 9.17) is 0 Å². The Bertz CT molecular complexity index is 306. The van der Waals surface area contributed by atoms with Crippen molar-refractivity contribution in [2.45, 2.75) is 32.7 Å². The molecule has 0 aromatic carbocycles. The van der Waals surface area contributed by atoms with Crippen molar-refractivity contribution >= 4 is 16.7 Å². The lowest BCUT2D eigenvalue weighted by Gasteiger charge is -2.32. The second kappa shape index (κ2) is 4.90. The fourth-order valence-corrected chi connectivity index (χ4v) is 1.56. The molecule has 0 amide bonds. The van der Waals surface area contributed by atoms with Gasteiger partial charge in [-0.25, -0.2) is 4.98 Å². The van der Waals surface area contributed by atoms with E-state index < -0.39 is 0 Å². The molecule has 1 N–H and O–H groups in total. The Hall–Kier alpha value is -0.680. The first-order valence-corrected chi connectivity index (χ1v) is 5.97. The normalized spacial score (nSPS) is 12.1. The Kier molecular flexibility index (Phi) is 4.04. The highest BCUT2D eigenvalue weighted by Gasteiger charge is 2.20. The first-order valence-electron chi connectivity index (χ1n) is 5.19. The highest BCUT2D eigenvalue weighted by molar-refractivity contribution is 7.09. The van der Waals surface area contributed by atoms with Crippen molar-refractivity contribution < 1.29 is 0 Å². The molecule has 0 spiro atoms. The van der Waals surface area contributed by atoms with Crippen LogP contribution in [0.2, 0.25) is 0 Å². The fraction of sp³-hybridized carbons (Fsp3) is 0.800. The second-order valence-corrected chi connectivity index (χ2v) is 5.18. The average Bonchev–Trinajstić information content (AvgIpc) is 2.62. The summed E-state index contributed by atoms with van der Waals surface area (Å²) in [4.78, 5) is 6.57. The lowest BCUT2D eigenvalue weighted by molar-refractivity contribution is 0.210. The molecule has 1 heterocycles. The van der Waals surface area contributed by atoms with Crippen LogP contribution in [0.4, 0.5) is 5.13 Å². The molecule has 1 aromatic rings. The standard InChI is InChI=1S/C10H20N4S/c1-6-8-12-9(15-13-8)11-7-10(2,3)14(4)5/h6-7H2,1-5H3,(H,11,12,13). The number of rotatable bonds is 5. The molecule has 0 saturated carbocycles. The first kappa shape index (κ1) is 12.4. The van der Waals surface area contributed by atoms with Crippen LogP contribution >= 0.6 is 11.5 Å². The van der Waals surface area contributed by atoms with E-state index in [9.17, 15) is 0 Å². The maximum Gasteiger partial charge on any atom is 0.202 e. The third-order valence-corrected chi connectivity index (χ3v) is 3.38. The van der Waals surface area contributed by atoms with E-state index in [2.05, 4.69) is 54.4 Å². The van der Waals surface area contributed by atoms with Crippen LogP contribution in [0.15, 0.2) is 0 Å². The molecule has 0 aliphatic carbocycles. The van der Waals surface area contributed by atoms with Crippen LogP contribution in [0.5, 0.6) is 0 Å². The van der Waals surface area contributed by atoms with Gasteiger partial charge in [0.2, 0.25) is 5.13 Å². The molecule has 0 saturated heterocycles. The molecular formula is C10H20N4S. The van der Waals surface area contributed by atoms with Gasteiger partial charge in [0.25, 0.3) is 0 Å². The van der Waals surface area contributed by atoms with Crippen molar-refractivity contribution in [2.24, 2.45) is 0 Å². The third kappa shape index (κ3) is 3.43. The van der Waals surface area contributed by atoms with Crippen molar-refractivity contribution in [1.29, 1.82) is 0 Å². The van der Waals surface area contributed by atoms with Gasteiger partial charge in [0.05, 0.1) is 0 Å². The Morgan fingerprint density at radius 3 is 2.53 bits per heavy atom. The first-order chi connectivity index (χ1) is 6.95. The van der Waals surface area contributed by atoms with Gasteiger partial charge in [0.1, 0.15) is 5.82 Å². The third-order valence-electron chi connectivity index (χ3n) is 2.67. The van der Waals surface area contributed by atoms with Crippen LogP contribution in [0, 0.1) is 0 Å². The van der Waals surface area contributed by atoms with E-state index in [-0.39, 0.29) is 5.54 Å². The minimum Gasteiger partial charge on any atom is -0.358 e. The number of aromatic nitrogens is 2. The summed E-state index contributed by atoms with van der Waals surface area (Å²) in [7, 11) is 4.17. The average molecular weight is 228 g/mol. The van der Waals surface area contributed by atoms with Gasteiger partial charge in [-0.15, -0.1) is 0 Å². The van der Waals surface area contributed by atoms with Gasteiger partial charge in [-0.3, -0.25) is 0 Å². The number of anilines is 1. The van der Waals surface area contributed by atoms with Gasteiger partial charge >= 0.3 is 0 Å². The summed E-state index contributed by atoms with van der Waals surface area (Å²) in [5.74, 6) is 0.921. The molecule has 0 atom stereocenters. The fourth-order valence-electron chi connectivity index (χ4n) is 0.919. The summed E-state index contributed by atoms with van der Waals surface area (Å²) in [6, 6.07) is 0. The predicted molar refractivity (Wildman–Crippen MR) is 65.5 cm³/mol. The van der Waals surface area contributed by atoms with E-state index in [0.717, 1.165) is 23.9 Å². The van der Waals surface area contributed by atoms with Crippen LogP contribution in [0.3, 0.4) is 0 Å². The Balaban J connectivity index is 2.50. The van der Waals surface area contributed by atoms with E-state index in [1.807, 2.05) is 0 Å². The largest absolute Gasteiger partial charge is 0.358 e. The molecule has 0 fully saturated rings.